The van der Waals surface area contributed by atoms with E-state index in [2.05, 4.69) is 160 Å². The first-order chi connectivity index (χ1) is 52.0. The van der Waals surface area contributed by atoms with Gasteiger partial charge in [0.2, 0.25) is 9.84 Å². The number of methoxy groups -OCH3 is 2. The minimum Gasteiger partial charge on any atom is -0.517 e. The third-order valence-corrected chi connectivity index (χ3v) is 27.2. The first kappa shape index (κ1) is 98.3. The van der Waals surface area contributed by atoms with E-state index in [4.69, 9.17) is 18.9 Å². The van der Waals surface area contributed by atoms with Crippen LogP contribution >= 0.6 is 63.7 Å². The number of rotatable bonds is 47. The molecule has 0 heterocycles. The van der Waals surface area contributed by atoms with E-state index in [0.717, 1.165) is 71.4 Å². The van der Waals surface area contributed by atoms with E-state index in [0.29, 0.717) is 32.8 Å². The van der Waals surface area contributed by atoms with Crippen molar-refractivity contribution in [2.24, 2.45) is 0 Å². The molecule has 0 aliphatic heterocycles. The van der Waals surface area contributed by atoms with Crippen LogP contribution in [0, 0.1) is 26.0 Å². The van der Waals surface area contributed by atoms with Crippen LogP contribution in [0.1, 0.15) is 288 Å². The molecule has 0 saturated heterocycles. The first-order valence-corrected chi connectivity index (χ1v) is 47.1. The van der Waals surface area contributed by atoms with E-state index >= 15 is 0 Å². The van der Waals surface area contributed by atoms with E-state index in [1.807, 2.05) is 98.8 Å². The topological polar surface area (TPSA) is 105 Å². The second-order valence-corrected chi connectivity index (χ2v) is 37.5. The predicted molar refractivity (Wildman–Crippen MR) is 468 cm³/mol. The number of hydrogen-bond acceptors (Lipinski definition) is 8. The fourth-order valence-corrected chi connectivity index (χ4v) is 18.9. The molecule has 0 amide bonds. The second kappa shape index (κ2) is 53.3. The Bertz CT molecular complexity index is 4030. The second-order valence-electron chi connectivity index (χ2n) is 29.9. The monoisotopic (exact) mass is 1770 g/mol. The Morgan fingerprint density at radius 1 is 0.345 bits per heavy atom. The molecule has 8 nitrogen and oxygen atoms in total. The summed E-state index contributed by atoms with van der Waals surface area (Å²) in [4.78, 5) is 0.751. The van der Waals surface area contributed by atoms with Crippen LogP contribution in [0.3, 0.4) is 0 Å². The molecule has 0 radical (unpaired) electrons. The summed E-state index contributed by atoms with van der Waals surface area (Å²) in [6, 6.07) is 59.0. The van der Waals surface area contributed by atoms with Gasteiger partial charge in [-0.05, 0) is 149 Å². The van der Waals surface area contributed by atoms with Crippen LogP contribution < -0.4 is 56.7 Å². The molecule has 0 fully saturated rings. The quantitative estimate of drug-likeness (QED) is 0.0161. The maximum absolute atomic E-state index is 14.9. The Labute approximate surface area is 723 Å². The van der Waals surface area contributed by atoms with Gasteiger partial charge in [0, 0.05) is 36.9 Å². The fourth-order valence-electron chi connectivity index (χ4n) is 13.4. The number of ether oxygens (including phenoxy) is 4. The van der Waals surface area contributed by atoms with Crippen molar-refractivity contribution >= 4 is 83.4 Å². The fraction of sp³-hybridized carbons (Fsp3) is 0.489. The van der Waals surface area contributed by atoms with Gasteiger partial charge in [-0.25, -0.2) is 16.8 Å². The maximum Gasteiger partial charge on any atom is 1.00 e. The smallest absolute Gasteiger partial charge is 0.517 e. The summed E-state index contributed by atoms with van der Waals surface area (Å²) >= 11 is 14.9. The van der Waals surface area contributed by atoms with E-state index in [-0.39, 0.29) is 68.0 Å². The van der Waals surface area contributed by atoms with Gasteiger partial charge in [0.1, 0.15) is 28.7 Å². The SMILES string of the molecule is BrCCCCCCCCCCCCBr.CCCCCCCCCCCC(Br)c1cc(C)ccc1S(=O)(=O)c1ccc(Oc2ccc(C(C)(C)c3ccc(OC)cc3)cc2)cc1C(Br)CCCCCCCCCCC.COc1ccc(C(C)(C)c2ccc(Oc3c[c-]c(S(=O)(=O)c4[c-]cc(C)cc4)cc3)cc2)cc1.[Li+].[Li+]. The molecule has 0 bridgehead atoms. The minimum absolute atomic E-state index is 0. The van der Waals surface area contributed by atoms with Crippen molar-refractivity contribution < 1.29 is 73.5 Å². The van der Waals surface area contributed by atoms with Gasteiger partial charge < -0.3 is 18.9 Å². The van der Waals surface area contributed by atoms with Crippen molar-refractivity contribution in [1.82, 2.24) is 0 Å². The number of sulfone groups is 2. The molecule has 110 heavy (non-hydrogen) atoms. The van der Waals surface area contributed by atoms with Crippen molar-refractivity contribution in [2.45, 2.75) is 288 Å². The van der Waals surface area contributed by atoms with E-state index < -0.39 is 19.7 Å². The molecule has 0 spiro atoms. The number of alkyl halides is 4. The summed E-state index contributed by atoms with van der Waals surface area (Å²) in [5, 5.41) is 2.36. The van der Waals surface area contributed by atoms with Crippen molar-refractivity contribution in [3.63, 3.8) is 0 Å². The molecular weight excluding hydrogens is 1650 g/mol. The third-order valence-electron chi connectivity index (χ3n) is 20.6. The number of halogens is 4. The zero-order chi connectivity index (χ0) is 78.2. The van der Waals surface area contributed by atoms with E-state index in [9.17, 15) is 16.8 Å². The number of unbranched alkanes of at least 4 members (excludes halogenated alkanes) is 25. The van der Waals surface area contributed by atoms with Gasteiger partial charge in [0.05, 0.1) is 24.0 Å². The molecule has 16 heteroatoms. The van der Waals surface area contributed by atoms with Crippen molar-refractivity contribution in [3.05, 3.63) is 226 Å². The van der Waals surface area contributed by atoms with Crippen molar-refractivity contribution in [1.29, 1.82) is 0 Å². The van der Waals surface area contributed by atoms with Crippen LogP contribution in [0.2, 0.25) is 0 Å². The summed E-state index contributed by atoms with van der Waals surface area (Å²) in [6.45, 7) is 17.2. The van der Waals surface area contributed by atoms with Gasteiger partial charge in [0.25, 0.3) is 0 Å². The number of aryl methyl sites for hydroxylation is 2. The van der Waals surface area contributed by atoms with Crippen molar-refractivity contribution in [2.75, 3.05) is 24.9 Å². The zero-order valence-corrected chi connectivity index (χ0v) is 76.5. The predicted octanol–water partition coefficient (Wildman–Crippen LogP) is 23.9. The Hall–Kier alpha value is -4.03. The van der Waals surface area contributed by atoms with Crippen LogP contribution in [0.25, 0.3) is 0 Å². The molecule has 8 aromatic carbocycles. The molecule has 8 aromatic rings. The minimum atomic E-state index is -3.87. The average Bonchev–Trinajstić information content (AvgIpc) is 0.768. The molecule has 0 saturated carbocycles. The van der Waals surface area contributed by atoms with E-state index in [1.165, 1.54) is 200 Å². The van der Waals surface area contributed by atoms with E-state index in [1.54, 1.807) is 44.6 Å². The molecule has 2 atom stereocenters. The number of benzene rings is 8. The maximum atomic E-state index is 14.9. The average molecular weight is 1780 g/mol. The summed E-state index contributed by atoms with van der Waals surface area (Å²) in [5.41, 5.74) is 7.89. The molecule has 2 unspecified atom stereocenters. The summed E-state index contributed by atoms with van der Waals surface area (Å²) < 4.78 is 78.4. The van der Waals surface area contributed by atoms with Gasteiger partial charge in [-0.1, -0.05) is 345 Å². The molecular formula is C94H124Br4Li2O8S2. The Morgan fingerprint density at radius 2 is 0.645 bits per heavy atom. The van der Waals surface area contributed by atoms with Gasteiger partial charge in [-0.3, -0.25) is 0 Å². The summed E-state index contributed by atoms with van der Waals surface area (Å²) in [5.74, 6) is 4.16. The van der Waals surface area contributed by atoms with Crippen LogP contribution in [0.4, 0.5) is 0 Å². The van der Waals surface area contributed by atoms with Gasteiger partial charge in [0.15, 0.2) is 9.84 Å². The number of hydrogen-bond donors (Lipinski definition) is 0. The molecule has 0 aliphatic rings. The summed E-state index contributed by atoms with van der Waals surface area (Å²) in [6.07, 6.45) is 38.5. The summed E-state index contributed by atoms with van der Waals surface area (Å²) in [7, 11) is -4.20. The first-order valence-electron chi connectivity index (χ1n) is 40.0. The Balaban J connectivity index is 0.000000425. The van der Waals surface area contributed by atoms with Crippen LogP contribution in [0.5, 0.6) is 34.5 Å². The molecule has 0 N–H and O–H groups in total. The van der Waals surface area contributed by atoms with Gasteiger partial charge >= 0.3 is 37.7 Å². The molecule has 590 valence electrons. The molecule has 0 aromatic heterocycles. The Morgan fingerprint density at radius 3 is 0.991 bits per heavy atom. The normalized spacial score (nSPS) is 12.1. The molecule has 8 rings (SSSR count). The van der Waals surface area contributed by atoms with Crippen molar-refractivity contribution in [3.8, 4) is 34.5 Å². The standard InChI is InChI=1S/C53H74Br2O4S.C29H26O4S.C12H24Br2.2Li/c1-7-9-11-13-15-17-19-21-23-25-49(54)47-39-41(3)27-37-51(47)60(56,57)52-38-36-46(40-48(52)50(55)26-24-22-20-18-16-14-12-10-8-2)59-45-34-30-43(31-35-45)53(4,5)42-28-32-44(58-6)33-29-42;1-21-5-17-27(18-6-21)34(30,31)28-19-15-26(16-20-28)33-25-13-9-23(10-14-25)29(2,3)22-7-11-24(32-4)12-8-22;13-11-9-7-5-3-1-2-4-6-8-10-12-14;;/h27-40,49-50H,7-26H2,1-6H3;5-17,19H,1-4H3;1-12H2;;/q;-2;;2*+1. The van der Waals surface area contributed by atoms with Crippen LogP contribution in [-0.2, 0) is 30.5 Å². The van der Waals surface area contributed by atoms with Crippen LogP contribution in [0.15, 0.2) is 189 Å². The zero-order valence-electron chi connectivity index (χ0n) is 68.5. The van der Waals surface area contributed by atoms with Crippen LogP contribution in [-0.4, -0.2) is 41.7 Å². The van der Waals surface area contributed by atoms with Gasteiger partial charge in [-0.2, -0.15) is 35.9 Å². The molecule has 0 aliphatic carbocycles. The largest absolute Gasteiger partial charge is 1.00 e. The Kier molecular flexibility index (Phi) is 47.6. The van der Waals surface area contributed by atoms with Gasteiger partial charge in [-0.15, -0.1) is 18.2 Å². The third kappa shape index (κ3) is 32.9.